The number of hydrogen-bond acceptors (Lipinski definition) is 6. The highest BCUT2D eigenvalue weighted by Crippen LogP contribution is 2.31. The van der Waals surface area contributed by atoms with Gasteiger partial charge >= 0.3 is 0 Å². The fourth-order valence-electron chi connectivity index (χ4n) is 3.48. The zero-order valence-corrected chi connectivity index (χ0v) is 20.3. The largest absolute Gasteiger partial charge is 0.497 e. The Morgan fingerprint density at radius 1 is 0.941 bits per heavy atom. The number of nitrogens with one attached hydrogen (secondary N) is 1. The van der Waals surface area contributed by atoms with Crippen LogP contribution in [0.4, 0.5) is 5.69 Å². The van der Waals surface area contributed by atoms with Crippen LogP contribution in [0.5, 0.6) is 11.5 Å². The van der Waals surface area contributed by atoms with Gasteiger partial charge in [-0.2, -0.15) is 0 Å². The molecule has 8 heteroatoms. The molecular weight excluding hydrogens is 448 g/mol. The first-order chi connectivity index (χ1) is 16.5. The van der Waals surface area contributed by atoms with E-state index < -0.39 is 0 Å². The Kier molecular flexibility index (Phi) is 7.18. The van der Waals surface area contributed by atoms with Crippen LogP contribution in [0.25, 0.3) is 17.1 Å². The summed E-state index contributed by atoms with van der Waals surface area (Å²) in [5, 5.41) is 12.4. The van der Waals surface area contributed by atoms with Crippen molar-refractivity contribution in [2.75, 3.05) is 25.3 Å². The number of carbonyl (C=O) groups is 1. The fraction of sp³-hybridized carbons (Fsp3) is 0.192. The molecule has 0 spiro atoms. The lowest BCUT2D eigenvalue weighted by molar-refractivity contribution is -0.113. The van der Waals surface area contributed by atoms with Crippen molar-refractivity contribution in [3.63, 3.8) is 0 Å². The third-order valence-electron chi connectivity index (χ3n) is 5.22. The number of aromatic nitrogens is 3. The van der Waals surface area contributed by atoms with Crippen LogP contribution in [0.2, 0.25) is 0 Å². The smallest absolute Gasteiger partial charge is 0.234 e. The van der Waals surface area contributed by atoms with Crippen LogP contribution in [0.15, 0.2) is 71.9 Å². The number of anilines is 1. The van der Waals surface area contributed by atoms with Crippen LogP contribution in [0.3, 0.4) is 0 Å². The molecule has 0 saturated heterocycles. The van der Waals surface area contributed by atoms with E-state index in [0.717, 1.165) is 28.2 Å². The van der Waals surface area contributed by atoms with Gasteiger partial charge in [0.25, 0.3) is 0 Å². The molecule has 0 atom stereocenters. The van der Waals surface area contributed by atoms with Gasteiger partial charge in [0, 0.05) is 17.3 Å². The molecule has 1 aromatic heterocycles. The minimum absolute atomic E-state index is 0.160. The van der Waals surface area contributed by atoms with Crippen molar-refractivity contribution in [2.24, 2.45) is 0 Å². The third kappa shape index (κ3) is 5.23. The van der Waals surface area contributed by atoms with Gasteiger partial charge in [0.2, 0.25) is 5.91 Å². The van der Waals surface area contributed by atoms with E-state index in [1.807, 2.05) is 60.9 Å². The number of rotatable bonds is 8. The molecule has 34 heavy (non-hydrogen) atoms. The topological polar surface area (TPSA) is 78.3 Å². The van der Waals surface area contributed by atoms with Crippen LogP contribution in [0, 0.1) is 13.8 Å². The predicted molar refractivity (Wildman–Crippen MR) is 135 cm³/mol. The maximum Gasteiger partial charge on any atom is 0.234 e. The first-order valence-corrected chi connectivity index (χ1v) is 11.7. The second-order valence-corrected chi connectivity index (χ2v) is 8.69. The van der Waals surface area contributed by atoms with Crippen LogP contribution in [-0.4, -0.2) is 40.6 Å². The third-order valence-corrected chi connectivity index (χ3v) is 6.15. The van der Waals surface area contributed by atoms with Gasteiger partial charge in [0.15, 0.2) is 11.0 Å². The molecule has 174 valence electrons. The molecule has 1 heterocycles. The minimum Gasteiger partial charge on any atom is -0.497 e. The molecule has 0 aliphatic heterocycles. The first-order valence-electron chi connectivity index (χ1n) is 10.7. The summed E-state index contributed by atoms with van der Waals surface area (Å²) in [5.74, 6) is 1.89. The van der Waals surface area contributed by atoms with E-state index in [1.54, 1.807) is 32.4 Å². The Hall–Kier alpha value is -3.78. The molecule has 0 fully saturated rings. The number of benzene rings is 3. The second kappa shape index (κ2) is 10.4. The lowest BCUT2D eigenvalue weighted by Gasteiger charge is -2.12. The summed E-state index contributed by atoms with van der Waals surface area (Å²) in [6.07, 6.45) is 0. The van der Waals surface area contributed by atoms with Crippen LogP contribution >= 0.6 is 11.8 Å². The second-order valence-electron chi connectivity index (χ2n) is 7.75. The molecule has 1 amide bonds. The number of nitrogens with zero attached hydrogens (tertiary/aromatic N) is 3. The quantitative estimate of drug-likeness (QED) is 0.349. The van der Waals surface area contributed by atoms with Gasteiger partial charge in [-0.25, -0.2) is 0 Å². The molecule has 0 aliphatic carbocycles. The van der Waals surface area contributed by atoms with Gasteiger partial charge in [-0.05, 0) is 44.2 Å². The minimum atomic E-state index is -0.177. The standard InChI is InChI=1S/C26H26N4O3S/c1-17-8-10-20(11-9-17)30-25(19-7-5-6-18(2)14-19)28-29-26(30)34-16-24(31)27-22-13-12-21(32-3)15-23(22)33-4/h5-15H,16H2,1-4H3,(H,27,31). The summed E-state index contributed by atoms with van der Waals surface area (Å²) < 4.78 is 12.6. The summed E-state index contributed by atoms with van der Waals surface area (Å²) in [6, 6.07) is 21.5. The van der Waals surface area contributed by atoms with Gasteiger partial charge in [-0.3, -0.25) is 9.36 Å². The van der Waals surface area contributed by atoms with Crippen molar-refractivity contribution < 1.29 is 14.3 Å². The molecule has 4 rings (SSSR count). The Labute approximate surface area is 203 Å². The highest BCUT2D eigenvalue weighted by molar-refractivity contribution is 7.99. The Morgan fingerprint density at radius 2 is 1.74 bits per heavy atom. The summed E-state index contributed by atoms with van der Waals surface area (Å²) in [7, 11) is 3.13. The molecule has 0 aliphatic rings. The number of thioether (sulfide) groups is 1. The van der Waals surface area contributed by atoms with E-state index in [-0.39, 0.29) is 11.7 Å². The molecule has 0 radical (unpaired) electrons. The van der Waals surface area contributed by atoms with Crippen molar-refractivity contribution in [1.82, 2.24) is 14.8 Å². The average Bonchev–Trinajstić information content (AvgIpc) is 3.27. The lowest BCUT2D eigenvalue weighted by atomic mass is 10.1. The Balaban J connectivity index is 1.58. The summed E-state index contributed by atoms with van der Waals surface area (Å²) in [6.45, 7) is 4.09. The van der Waals surface area contributed by atoms with E-state index in [1.165, 1.54) is 11.8 Å². The van der Waals surface area contributed by atoms with Gasteiger partial charge in [-0.1, -0.05) is 53.2 Å². The summed E-state index contributed by atoms with van der Waals surface area (Å²) in [4.78, 5) is 12.7. The summed E-state index contributed by atoms with van der Waals surface area (Å²) >= 11 is 1.33. The zero-order valence-electron chi connectivity index (χ0n) is 19.5. The van der Waals surface area contributed by atoms with Crippen LogP contribution in [-0.2, 0) is 4.79 Å². The van der Waals surface area contributed by atoms with E-state index in [0.29, 0.717) is 22.3 Å². The maximum absolute atomic E-state index is 12.7. The van der Waals surface area contributed by atoms with E-state index in [4.69, 9.17) is 9.47 Å². The van der Waals surface area contributed by atoms with Crippen LogP contribution < -0.4 is 14.8 Å². The van der Waals surface area contributed by atoms with E-state index in [9.17, 15) is 4.79 Å². The fourth-order valence-corrected chi connectivity index (χ4v) is 4.23. The Bertz CT molecular complexity index is 1300. The number of carbonyl (C=O) groups excluding carboxylic acids is 1. The number of amides is 1. The monoisotopic (exact) mass is 474 g/mol. The highest BCUT2D eigenvalue weighted by atomic mass is 32.2. The van der Waals surface area contributed by atoms with Gasteiger partial charge in [0.05, 0.1) is 25.7 Å². The summed E-state index contributed by atoms with van der Waals surface area (Å²) in [5.41, 5.74) is 4.78. The number of hydrogen-bond donors (Lipinski definition) is 1. The van der Waals surface area contributed by atoms with Crippen molar-refractivity contribution >= 4 is 23.4 Å². The number of ether oxygens (including phenoxy) is 2. The van der Waals surface area contributed by atoms with Crippen molar-refractivity contribution in [3.8, 4) is 28.6 Å². The van der Waals surface area contributed by atoms with Crippen molar-refractivity contribution in [3.05, 3.63) is 77.9 Å². The molecule has 3 aromatic carbocycles. The van der Waals surface area contributed by atoms with Crippen molar-refractivity contribution in [1.29, 1.82) is 0 Å². The molecule has 0 unspecified atom stereocenters. The maximum atomic E-state index is 12.7. The van der Waals surface area contributed by atoms with Crippen LogP contribution in [0.1, 0.15) is 11.1 Å². The van der Waals surface area contributed by atoms with Gasteiger partial charge < -0.3 is 14.8 Å². The molecular formula is C26H26N4O3S. The molecule has 0 bridgehead atoms. The van der Waals surface area contributed by atoms with E-state index in [2.05, 4.69) is 21.6 Å². The average molecular weight is 475 g/mol. The predicted octanol–water partition coefficient (Wildman–Crippen LogP) is 5.30. The Morgan fingerprint density at radius 3 is 2.44 bits per heavy atom. The van der Waals surface area contributed by atoms with Gasteiger partial charge in [0.1, 0.15) is 11.5 Å². The normalized spacial score (nSPS) is 10.7. The SMILES string of the molecule is COc1ccc(NC(=O)CSc2nnc(-c3cccc(C)c3)n2-c2ccc(C)cc2)c(OC)c1. The zero-order chi connectivity index (χ0) is 24.1. The molecule has 1 N–H and O–H groups in total. The molecule has 7 nitrogen and oxygen atoms in total. The van der Waals surface area contributed by atoms with Gasteiger partial charge in [-0.15, -0.1) is 10.2 Å². The molecule has 4 aromatic rings. The van der Waals surface area contributed by atoms with E-state index >= 15 is 0 Å². The number of aryl methyl sites for hydroxylation is 2. The highest BCUT2D eigenvalue weighted by Gasteiger charge is 2.18. The first kappa shape index (κ1) is 23.4. The lowest BCUT2D eigenvalue weighted by Crippen LogP contribution is -2.15. The van der Waals surface area contributed by atoms with Crippen molar-refractivity contribution in [2.45, 2.75) is 19.0 Å². The number of methoxy groups -OCH3 is 2. The molecule has 0 saturated carbocycles.